The Balaban J connectivity index is 1.50. The second-order valence-electron chi connectivity index (χ2n) is 7.63. The van der Waals surface area contributed by atoms with E-state index >= 15 is 0 Å². The molecule has 8 nitrogen and oxygen atoms in total. The van der Waals surface area contributed by atoms with Crippen LogP contribution in [-0.2, 0) is 16.1 Å². The average molecular weight is 416 g/mol. The molecule has 1 amide bonds. The lowest BCUT2D eigenvalue weighted by Gasteiger charge is -2.38. The van der Waals surface area contributed by atoms with Gasteiger partial charge in [0.25, 0.3) is 5.91 Å². The molecule has 2 saturated heterocycles. The summed E-state index contributed by atoms with van der Waals surface area (Å²) < 4.78 is 28.0. The van der Waals surface area contributed by atoms with Gasteiger partial charge < -0.3 is 28.4 Å². The normalized spacial score (nSPS) is 19.8. The molecule has 2 aliphatic heterocycles. The number of rotatable bonds is 6. The Hall–Kier alpha value is -2.58. The predicted molar refractivity (Wildman–Crippen MR) is 108 cm³/mol. The van der Waals surface area contributed by atoms with Crippen molar-refractivity contribution in [1.29, 1.82) is 0 Å². The number of hydrogen-bond acceptors (Lipinski definition) is 7. The third-order valence-corrected chi connectivity index (χ3v) is 5.74. The van der Waals surface area contributed by atoms with Crippen LogP contribution in [0.3, 0.4) is 0 Å². The van der Waals surface area contributed by atoms with E-state index in [-0.39, 0.29) is 18.2 Å². The Bertz CT molecular complexity index is 870. The van der Waals surface area contributed by atoms with Gasteiger partial charge in [0.2, 0.25) is 0 Å². The molecule has 1 aromatic heterocycles. The van der Waals surface area contributed by atoms with Crippen molar-refractivity contribution in [2.24, 2.45) is 0 Å². The molecular weight excluding hydrogens is 388 g/mol. The molecule has 2 aliphatic rings. The maximum absolute atomic E-state index is 13.3. The first kappa shape index (κ1) is 20.7. The summed E-state index contributed by atoms with van der Waals surface area (Å²) in [6.07, 6.45) is 2.58. The van der Waals surface area contributed by atoms with Crippen LogP contribution in [0.5, 0.6) is 11.5 Å². The highest BCUT2D eigenvalue weighted by Gasteiger charge is 2.36. The number of benzene rings is 1. The van der Waals surface area contributed by atoms with Gasteiger partial charge in [0.05, 0.1) is 37.6 Å². The number of amides is 1. The van der Waals surface area contributed by atoms with Gasteiger partial charge in [-0.1, -0.05) is 5.16 Å². The molecule has 30 heavy (non-hydrogen) atoms. The third kappa shape index (κ3) is 4.15. The van der Waals surface area contributed by atoms with Crippen LogP contribution in [0, 0.1) is 13.8 Å². The van der Waals surface area contributed by atoms with Crippen LogP contribution in [0.1, 0.15) is 46.6 Å². The molecule has 1 aromatic carbocycles. The molecule has 4 rings (SSSR count). The summed E-state index contributed by atoms with van der Waals surface area (Å²) in [6, 6.07) is 5.21. The molecule has 0 radical (unpaired) electrons. The Morgan fingerprint density at radius 1 is 1.20 bits per heavy atom. The monoisotopic (exact) mass is 416 g/mol. The first-order valence-corrected chi connectivity index (χ1v) is 10.3. The lowest BCUT2D eigenvalue weighted by Crippen LogP contribution is -2.50. The number of piperidine rings is 1. The van der Waals surface area contributed by atoms with Crippen LogP contribution in [0.25, 0.3) is 0 Å². The molecule has 0 N–H and O–H groups in total. The molecular formula is C22H28N2O6. The highest BCUT2D eigenvalue weighted by molar-refractivity contribution is 5.95. The van der Waals surface area contributed by atoms with Crippen LogP contribution in [0.4, 0.5) is 0 Å². The molecule has 2 aromatic rings. The van der Waals surface area contributed by atoms with Gasteiger partial charge in [-0.3, -0.25) is 4.79 Å². The highest BCUT2D eigenvalue weighted by atomic mass is 16.7. The molecule has 162 valence electrons. The molecule has 2 fully saturated rings. The number of methoxy groups -OCH3 is 1. The lowest BCUT2D eigenvalue weighted by atomic mass is 10.00. The van der Waals surface area contributed by atoms with Crippen molar-refractivity contribution in [3.05, 3.63) is 40.8 Å². The zero-order chi connectivity index (χ0) is 21.1. The van der Waals surface area contributed by atoms with E-state index in [1.54, 1.807) is 25.3 Å². The van der Waals surface area contributed by atoms with E-state index in [4.69, 9.17) is 23.5 Å². The molecule has 0 spiro atoms. The summed E-state index contributed by atoms with van der Waals surface area (Å²) in [5.41, 5.74) is 2.26. The quantitative estimate of drug-likeness (QED) is 0.715. The third-order valence-electron chi connectivity index (χ3n) is 5.74. The largest absolute Gasteiger partial charge is 0.493 e. The molecule has 1 unspecified atom stereocenters. The van der Waals surface area contributed by atoms with E-state index in [1.807, 2.05) is 18.7 Å². The minimum Gasteiger partial charge on any atom is -0.493 e. The lowest BCUT2D eigenvalue weighted by molar-refractivity contribution is -0.100. The number of carbonyl (C=O) groups is 1. The van der Waals surface area contributed by atoms with Crippen molar-refractivity contribution < 1.29 is 28.3 Å². The number of carbonyl (C=O) groups excluding carboxylic acids is 1. The highest BCUT2D eigenvalue weighted by Crippen LogP contribution is 2.32. The van der Waals surface area contributed by atoms with E-state index in [1.165, 1.54) is 0 Å². The first-order chi connectivity index (χ1) is 14.6. The van der Waals surface area contributed by atoms with E-state index in [0.29, 0.717) is 43.4 Å². The Morgan fingerprint density at radius 3 is 2.70 bits per heavy atom. The van der Waals surface area contributed by atoms with Crippen LogP contribution < -0.4 is 9.47 Å². The SMILES string of the molecule is COc1cc(C(=O)N2CCCCC2C2OCCO2)ccc1OCc1c(C)noc1C. The summed E-state index contributed by atoms with van der Waals surface area (Å²) in [6.45, 7) is 5.89. The van der Waals surface area contributed by atoms with Crippen molar-refractivity contribution in [1.82, 2.24) is 10.1 Å². The zero-order valence-electron chi connectivity index (χ0n) is 17.7. The second-order valence-corrected chi connectivity index (χ2v) is 7.63. The van der Waals surface area contributed by atoms with Gasteiger partial charge >= 0.3 is 0 Å². The molecule has 0 aliphatic carbocycles. The fourth-order valence-electron chi connectivity index (χ4n) is 4.03. The summed E-state index contributed by atoms with van der Waals surface area (Å²) in [5, 5.41) is 3.94. The van der Waals surface area contributed by atoms with Crippen molar-refractivity contribution in [2.45, 2.75) is 52.0 Å². The average Bonchev–Trinajstić information content (AvgIpc) is 3.42. The van der Waals surface area contributed by atoms with Crippen LogP contribution in [0.2, 0.25) is 0 Å². The maximum atomic E-state index is 13.3. The number of nitrogens with zero attached hydrogens (tertiary/aromatic N) is 2. The Kier molecular flexibility index (Phi) is 6.24. The Labute approximate surface area is 176 Å². The van der Waals surface area contributed by atoms with Crippen LogP contribution >= 0.6 is 0 Å². The number of aryl methyl sites for hydroxylation is 2. The van der Waals surface area contributed by atoms with Gasteiger partial charge in [-0.15, -0.1) is 0 Å². The number of hydrogen-bond donors (Lipinski definition) is 0. The van der Waals surface area contributed by atoms with Gasteiger partial charge in [-0.25, -0.2) is 0 Å². The summed E-state index contributed by atoms with van der Waals surface area (Å²) in [7, 11) is 1.57. The fraction of sp³-hybridized carbons (Fsp3) is 0.545. The molecule has 0 bridgehead atoms. The molecule has 3 heterocycles. The molecule has 1 atom stereocenters. The van der Waals surface area contributed by atoms with Gasteiger partial charge in [0.1, 0.15) is 12.4 Å². The van der Waals surface area contributed by atoms with E-state index in [9.17, 15) is 4.79 Å². The predicted octanol–water partition coefficient (Wildman–Crippen LogP) is 3.25. The van der Waals surface area contributed by atoms with Gasteiger partial charge in [-0.05, 0) is 51.3 Å². The van der Waals surface area contributed by atoms with E-state index in [2.05, 4.69) is 5.16 Å². The van der Waals surface area contributed by atoms with E-state index in [0.717, 1.165) is 36.3 Å². The van der Waals surface area contributed by atoms with Crippen molar-refractivity contribution in [3.63, 3.8) is 0 Å². The van der Waals surface area contributed by atoms with Crippen molar-refractivity contribution in [3.8, 4) is 11.5 Å². The first-order valence-electron chi connectivity index (χ1n) is 10.3. The number of aromatic nitrogens is 1. The van der Waals surface area contributed by atoms with Gasteiger partial charge in [0.15, 0.2) is 17.8 Å². The summed E-state index contributed by atoms with van der Waals surface area (Å²) in [4.78, 5) is 15.2. The zero-order valence-corrected chi connectivity index (χ0v) is 17.7. The van der Waals surface area contributed by atoms with Crippen LogP contribution in [-0.4, -0.2) is 55.2 Å². The maximum Gasteiger partial charge on any atom is 0.254 e. The summed E-state index contributed by atoms with van der Waals surface area (Å²) in [5.74, 6) is 1.75. The number of likely N-dealkylation sites (tertiary alicyclic amines) is 1. The molecule has 0 saturated carbocycles. The standard InChI is InChI=1S/C22H28N2O6/c1-14-17(15(2)30-23-14)13-29-19-8-7-16(12-20(19)26-3)21(25)24-9-5-4-6-18(24)22-27-10-11-28-22/h7-8,12,18,22H,4-6,9-11,13H2,1-3H3. The second kappa shape index (κ2) is 9.06. The molecule has 8 heteroatoms. The topological polar surface area (TPSA) is 83.3 Å². The number of ether oxygens (including phenoxy) is 4. The summed E-state index contributed by atoms with van der Waals surface area (Å²) >= 11 is 0. The van der Waals surface area contributed by atoms with Crippen molar-refractivity contribution >= 4 is 5.91 Å². The minimum absolute atomic E-state index is 0.0469. The smallest absolute Gasteiger partial charge is 0.254 e. The van der Waals surface area contributed by atoms with Gasteiger partial charge in [-0.2, -0.15) is 0 Å². The van der Waals surface area contributed by atoms with Crippen LogP contribution in [0.15, 0.2) is 22.7 Å². The van der Waals surface area contributed by atoms with Crippen molar-refractivity contribution in [2.75, 3.05) is 26.9 Å². The fourth-order valence-corrected chi connectivity index (χ4v) is 4.03. The minimum atomic E-state index is -0.339. The van der Waals surface area contributed by atoms with Gasteiger partial charge in [0, 0.05) is 12.1 Å². The van der Waals surface area contributed by atoms with E-state index < -0.39 is 0 Å². The Morgan fingerprint density at radius 2 is 2.00 bits per heavy atom.